The molecule has 1 N–H and O–H groups in total. The summed E-state index contributed by atoms with van der Waals surface area (Å²) in [5.74, 6) is -1.44. The van der Waals surface area contributed by atoms with Crippen LogP contribution in [0.5, 0.6) is 0 Å². The Morgan fingerprint density at radius 1 is 1.19 bits per heavy atom. The predicted molar refractivity (Wildman–Crippen MR) is 122 cm³/mol. The van der Waals surface area contributed by atoms with Gasteiger partial charge in [0.05, 0.1) is 29.2 Å². The van der Waals surface area contributed by atoms with E-state index in [1.807, 2.05) is 26.8 Å². The second-order valence-corrected chi connectivity index (χ2v) is 9.90. The number of rotatable bonds is 3. The van der Waals surface area contributed by atoms with Crippen LogP contribution in [0.2, 0.25) is 0 Å². The van der Waals surface area contributed by atoms with Gasteiger partial charge in [0.2, 0.25) is 0 Å². The van der Waals surface area contributed by atoms with Crippen LogP contribution in [0.1, 0.15) is 64.5 Å². The molecule has 1 aromatic carbocycles. The quantitative estimate of drug-likeness (QED) is 0.706. The normalized spacial score (nSPS) is 20.5. The Kier molecular flexibility index (Phi) is 5.35. The number of carbonyl (C=O) groups excluding carboxylic acids is 2. The van der Waals surface area contributed by atoms with E-state index in [2.05, 4.69) is 5.32 Å². The number of aryl methyl sites for hydroxylation is 1. The average molecular weight is 436 g/mol. The summed E-state index contributed by atoms with van der Waals surface area (Å²) in [7, 11) is 0. The average Bonchev–Trinajstić information content (AvgIpc) is 2.66. The number of Topliss-reactive ketones (excluding diaryl/α,β-unsaturated/α-hetero) is 1. The Hall–Kier alpha value is -3.15. The fraction of sp³-hybridized carbons (Fsp3) is 0.423. The molecule has 1 aliphatic carbocycles. The van der Waals surface area contributed by atoms with Crippen LogP contribution in [0.15, 0.2) is 56.2 Å². The minimum Gasteiger partial charge on any atom is -0.464 e. The maximum atomic E-state index is 13.6. The highest BCUT2D eigenvalue weighted by molar-refractivity contribution is 6.04. The second-order valence-electron chi connectivity index (χ2n) is 9.90. The van der Waals surface area contributed by atoms with Crippen molar-refractivity contribution in [3.05, 3.63) is 68.4 Å². The van der Waals surface area contributed by atoms with Gasteiger partial charge in [0.15, 0.2) is 11.2 Å². The summed E-state index contributed by atoms with van der Waals surface area (Å²) in [6, 6.07) is 5.40. The molecular formula is C26H29NO5. The van der Waals surface area contributed by atoms with Crippen LogP contribution < -0.4 is 10.7 Å². The third kappa shape index (κ3) is 3.78. The lowest BCUT2D eigenvalue weighted by Gasteiger charge is -2.39. The summed E-state index contributed by atoms with van der Waals surface area (Å²) in [6.07, 6.45) is 2.04. The van der Waals surface area contributed by atoms with Gasteiger partial charge in [0.25, 0.3) is 0 Å². The van der Waals surface area contributed by atoms with Gasteiger partial charge in [-0.1, -0.05) is 25.5 Å². The lowest BCUT2D eigenvalue weighted by atomic mass is 9.68. The summed E-state index contributed by atoms with van der Waals surface area (Å²) in [5.41, 5.74) is 3.31. The van der Waals surface area contributed by atoms with Crippen molar-refractivity contribution in [1.82, 2.24) is 5.32 Å². The SMILES string of the molecule is CC1=C(C(=O)OC(C)C)[C@H](c2coc3ccc(C)cc3c2=O)C2=C(CC(C)(C)CC2=O)N1. The maximum absolute atomic E-state index is 13.6. The van der Waals surface area contributed by atoms with Crippen molar-refractivity contribution in [2.24, 2.45) is 5.41 Å². The van der Waals surface area contributed by atoms with E-state index in [0.29, 0.717) is 35.1 Å². The number of benzene rings is 1. The van der Waals surface area contributed by atoms with E-state index < -0.39 is 11.9 Å². The second kappa shape index (κ2) is 7.76. The fourth-order valence-electron chi connectivity index (χ4n) is 4.75. The first-order chi connectivity index (χ1) is 15.0. The van der Waals surface area contributed by atoms with Crippen molar-refractivity contribution in [1.29, 1.82) is 0 Å². The highest BCUT2D eigenvalue weighted by Gasteiger charge is 2.44. The number of hydrogen-bond donors (Lipinski definition) is 1. The van der Waals surface area contributed by atoms with Gasteiger partial charge < -0.3 is 14.5 Å². The summed E-state index contributed by atoms with van der Waals surface area (Å²) < 4.78 is 11.3. The molecule has 168 valence electrons. The molecular weight excluding hydrogens is 406 g/mol. The number of allylic oxidation sites excluding steroid dienone is 3. The van der Waals surface area contributed by atoms with Gasteiger partial charge in [-0.05, 0) is 51.7 Å². The number of esters is 1. The van der Waals surface area contributed by atoms with Gasteiger partial charge >= 0.3 is 5.97 Å². The van der Waals surface area contributed by atoms with E-state index in [0.717, 1.165) is 11.3 Å². The largest absolute Gasteiger partial charge is 0.464 e. The van der Waals surface area contributed by atoms with E-state index >= 15 is 0 Å². The summed E-state index contributed by atoms with van der Waals surface area (Å²) in [6.45, 7) is 11.3. The third-order valence-electron chi connectivity index (χ3n) is 6.07. The molecule has 6 heteroatoms. The number of nitrogens with one attached hydrogen (secondary N) is 1. The van der Waals surface area contributed by atoms with Gasteiger partial charge in [0.1, 0.15) is 5.58 Å². The highest BCUT2D eigenvalue weighted by Crippen LogP contribution is 2.46. The van der Waals surface area contributed by atoms with Crippen molar-refractivity contribution in [2.45, 2.75) is 66.4 Å². The zero-order valence-corrected chi connectivity index (χ0v) is 19.4. The third-order valence-corrected chi connectivity index (χ3v) is 6.07. The molecule has 2 heterocycles. The van der Waals surface area contributed by atoms with Gasteiger partial charge in [-0.3, -0.25) is 9.59 Å². The standard InChI is InChI=1S/C26H29NO5/c1-13(2)32-25(30)21-15(4)27-18-10-26(5,6)11-19(28)23(18)22(21)17-12-31-20-8-7-14(3)9-16(20)24(17)29/h7-9,12-13,22,27H,10-11H2,1-6H3/t22-/m0/s1. The molecule has 0 spiro atoms. The topological polar surface area (TPSA) is 85.6 Å². The molecule has 1 atom stereocenters. The van der Waals surface area contributed by atoms with Crippen LogP contribution in [-0.2, 0) is 14.3 Å². The van der Waals surface area contributed by atoms with Crippen LogP contribution in [0, 0.1) is 12.3 Å². The number of ketones is 1. The zero-order valence-electron chi connectivity index (χ0n) is 19.4. The molecule has 1 aliphatic heterocycles. The highest BCUT2D eigenvalue weighted by atomic mass is 16.5. The van der Waals surface area contributed by atoms with Crippen LogP contribution in [0.4, 0.5) is 0 Å². The number of hydrogen-bond acceptors (Lipinski definition) is 6. The molecule has 0 unspecified atom stereocenters. The van der Waals surface area contributed by atoms with E-state index in [1.54, 1.807) is 32.9 Å². The number of dihydropyridines is 1. The molecule has 1 aromatic heterocycles. The first-order valence-corrected chi connectivity index (χ1v) is 11.0. The maximum Gasteiger partial charge on any atom is 0.337 e. The van der Waals surface area contributed by atoms with Crippen LogP contribution >= 0.6 is 0 Å². The lowest BCUT2D eigenvalue weighted by Crippen LogP contribution is -2.40. The van der Waals surface area contributed by atoms with Gasteiger partial charge in [-0.2, -0.15) is 0 Å². The summed E-state index contributed by atoms with van der Waals surface area (Å²) in [4.78, 5) is 40.1. The van der Waals surface area contributed by atoms with E-state index in [1.165, 1.54) is 6.26 Å². The molecule has 0 bridgehead atoms. The summed E-state index contributed by atoms with van der Waals surface area (Å²) in [5, 5.41) is 3.71. The Morgan fingerprint density at radius 3 is 2.59 bits per heavy atom. The molecule has 6 nitrogen and oxygen atoms in total. The minimum atomic E-state index is -0.831. The van der Waals surface area contributed by atoms with Crippen LogP contribution in [0.25, 0.3) is 11.0 Å². The molecule has 0 radical (unpaired) electrons. The lowest BCUT2D eigenvalue weighted by molar-refractivity contribution is -0.143. The molecule has 4 rings (SSSR count). The summed E-state index contributed by atoms with van der Waals surface area (Å²) >= 11 is 0. The van der Waals surface area contributed by atoms with Crippen LogP contribution in [-0.4, -0.2) is 17.9 Å². The Balaban J connectivity index is 1.98. The first-order valence-electron chi connectivity index (χ1n) is 11.0. The van der Waals surface area contributed by atoms with Crippen molar-refractivity contribution in [2.75, 3.05) is 0 Å². The Labute approximate surface area is 187 Å². The number of carbonyl (C=O) groups is 2. The van der Waals surface area contributed by atoms with Crippen molar-refractivity contribution in [3.8, 4) is 0 Å². The van der Waals surface area contributed by atoms with Gasteiger partial charge in [0, 0.05) is 29.0 Å². The van der Waals surface area contributed by atoms with Crippen molar-refractivity contribution < 1.29 is 18.7 Å². The molecule has 0 amide bonds. The smallest absolute Gasteiger partial charge is 0.337 e. The monoisotopic (exact) mass is 435 g/mol. The van der Waals surface area contributed by atoms with E-state index in [-0.39, 0.29) is 33.9 Å². The Bertz CT molecular complexity index is 1260. The van der Waals surface area contributed by atoms with Gasteiger partial charge in [-0.15, -0.1) is 0 Å². The Morgan fingerprint density at radius 2 is 1.91 bits per heavy atom. The number of fused-ring (bicyclic) bond motifs is 1. The van der Waals surface area contributed by atoms with Gasteiger partial charge in [-0.25, -0.2) is 4.79 Å². The van der Waals surface area contributed by atoms with E-state index in [4.69, 9.17) is 9.15 Å². The predicted octanol–water partition coefficient (Wildman–Crippen LogP) is 4.66. The van der Waals surface area contributed by atoms with Crippen molar-refractivity contribution >= 4 is 22.7 Å². The van der Waals surface area contributed by atoms with E-state index in [9.17, 15) is 14.4 Å². The molecule has 2 aliphatic rings. The molecule has 32 heavy (non-hydrogen) atoms. The molecule has 2 aromatic rings. The van der Waals surface area contributed by atoms with Crippen molar-refractivity contribution in [3.63, 3.8) is 0 Å². The molecule has 0 saturated heterocycles. The molecule has 0 fully saturated rings. The number of ether oxygens (including phenoxy) is 1. The fourth-order valence-corrected chi connectivity index (χ4v) is 4.75. The first kappa shape index (κ1) is 22.1. The van der Waals surface area contributed by atoms with Crippen LogP contribution in [0.3, 0.4) is 0 Å². The molecule has 0 saturated carbocycles. The zero-order chi connectivity index (χ0) is 23.4. The minimum absolute atomic E-state index is 0.0696.